The van der Waals surface area contributed by atoms with Crippen LogP contribution in [0, 0.1) is 11.8 Å². The van der Waals surface area contributed by atoms with Gasteiger partial charge in [-0.2, -0.15) is 0 Å². The summed E-state index contributed by atoms with van der Waals surface area (Å²) >= 11 is 0. The van der Waals surface area contributed by atoms with E-state index in [2.05, 4.69) is 17.3 Å². The van der Waals surface area contributed by atoms with Crippen molar-refractivity contribution in [1.29, 1.82) is 0 Å². The number of methoxy groups -OCH3 is 1. The van der Waals surface area contributed by atoms with Crippen LogP contribution in [0.3, 0.4) is 0 Å². The molecule has 4 heteroatoms. The zero-order valence-corrected chi connectivity index (χ0v) is 11.5. The number of rotatable bonds is 5. The van der Waals surface area contributed by atoms with Crippen LogP contribution in [0.1, 0.15) is 26.7 Å². The first-order valence-electron chi connectivity index (χ1n) is 6.54. The number of likely N-dealkylation sites (tertiary alicyclic amines) is 1. The Kier molecular flexibility index (Phi) is 5.92. The van der Waals surface area contributed by atoms with Crippen LogP contribution in [0.25, 0.3) is 0 Å². The second-order valence-electron chi connectivity index (χ2n) is 5.40. The van der Waals surface area contributed by atoms with Gasteiger partial charge in [0.15, 0.2) is 0 Å². The summed E-state index contributed by atoms with van der Waals surface area (Å²) in [5.41, 5.74) is 0. The lowest BCUT2D eigenvalue weighted by atomic mass is 9.96. The molecule has 0 unspecified atom stereocenters. The van der Waals surface area contributed by atoms with E-state index in [1.54, 1.807) is 0 Å². The second kappa shape index (κ2) is 6.97. The molecule has 0 spiro atoms. The van der Waals surface area contributed by atoms with Crippen molar-refractivity contribution < 1.29 is 9.53 Å². The fraction of sp³-hybridized carbons (Fsp3) is 0.923. The van der Waals surface area contributed by atoms with Gasteiger partial charge in [-0.25, -0.2) is 0 Å². The molecule has 4 nitrogen and oxygen atoms in total. The maximum absolute atomic E-state index is 11.6. The number of carbonyl (C=O) groups is 1. The van der Waals surface area contributed by atoms with E-state index in [1.165, 1.54) is 20.0 Å². The molecule has 1 fully saturated rings. The molecule has 0 aromatic carbocycles. The Bertz CT molecular complexity index is 236. The fourth-order valence-electron chi connectivity index (χ4n) is 2.28. The number of piperidine rings is 1. The van der Waals surface area contributed by atoms with Crippen molar-refractivity contribution in [2.45, 2.75) is 32.7 Å². The summed E-state index contributed by atoms with van der Waals surface area (Å²) in [7, 11) is 3.62. The van der Waals surface area contributed by atoms with Gasteiger partial charge in [0.1, 0.15) is 6.04 Å². The average molecular weight is 242 g/mol. The highest BCUT2D eigenvalue weighted by atomic mass is 16.5. The third-order valence-electron chi connectivity index (χ3n) is 3.59. The lowest BCUT2D eigenvalue weighted by molar-refractivity contribution is -0.144. The molecule has 1 aliphatic heterocycles. The maximum atomic E-state index is 11.6. The summed E-state index contributed by atoms with van der Waals surface area (Å²) in [5, 5.41) is 3.36. The molecule has 1 aliphatic rings. The van der Waals surface area contributed by atoms with Crippen LogP contribution in [0.5, 0.6) is 0 Å². The van der Waals surface area contributed by atoms with Crippen molar-refractivity contribution in [1.82, 2.24) is 10.2 Å². The first kappa shape index (κ1) is 14.5. The highest BCUT2D eigenvalue weighted by molar-refractivity contribution is 5.75. The quantitative estimate of drug-likeness (QED) is 0.734. The first-order chi connectivity index (χ1) is 8.04. The SMILES string of the molecule is COC(=O)[C@@H](NCC1CCN(C)CC1)C(C)C. The number of nitrogens with zero attached hydrogens (tertiary/aromatic N) is 1. The van der Waals surface area contributed by atoms with Gasteiger partial charge in [-0.1, -0.05) is 13.8 Å². The van der Waals surface area contributed by atoms with Crippen molar-refractivity contribution in [2.24, 2.45) is 11.8 Å². The lowest BCUT2D eigenvalue weighted by Crippen LogP contribution is -2.45. The van der Waals surface area contributed by atoms with E-state index in [0.29, 0.717) is 5.92 Å². The Morgan fingerprint density at radius 2 is 2.00 bits per heavy atom. The highest BCUT2D eigenvalue weighted by Crippen LogP contribution is 2.15. The molecule has 1 atom stereocenters. The molecule has 0 aliphatic carbocycles. The summed E-state index contributed by atoms with van der Waals surface area (Å²) in [6.07, 6.45) is 2.44. The van der Waals surface area contributed by atoms with Crippen LogP contribution in [0.4, 0.5) is 0 Å². The smallest absolute Gasteiger partial charge is 0.323 e. The predicted octanol–water partition coefficient (Wildman–Crippen LogP) is 1.12. The van der Waals surface area contributed by atoms with Crippen LogP contribution >= 0.6 is 0 Å². The van der Waals surface area contributed by atoms with Crippen LogP contribution in [-0.2, 0) is 9.53 Å². The summed E-state index contributed by atoms with van der Waals surface area (Å²) in [4.78, 5) is 13.9. The number of nitrogens with one attached hydrogen (secondary N) is 1. The van der Waals surface area contributed by atoms with E-state index in [9.17, 15) is 4.79 Å². The van der Waals surface area contributed by atoms with Crippen LogP contribution < -0.4 is 5.32 Å². The molecule has 0 aromatic heterocycles. The minimum atomic E-state index is -0.167. The molecule has 0 saturated carbocycles. The third kappa shape index (κ3) is 4.64. The number of esters is 1. The summed E-state index contributed by atoms with van der Waals surface area (Å²) in [6, 6.07) is -0.167. The average Bonchev–Trinajstić information content (AvgIpc) is 2.31. The molecule has 100 valence electrons. The van der Waals surface area contributed by atoms with Crippen molar-refractivity contribution in [3.05, 3.63) is 0 Å². The Balaban J connectivity index is 2.34. The zero-order chi connectivity index (χ0) is 12.8. The molecule has 1 N–H and O–H groups in total. The van der Waals surface area contributed by atoms with Gasteiger partial charge in [0.05, 0.1) is 7.11 Å². The van der Waals surface area contributed by atoms with E-state index in [1.807, 2.05) is 13.8 Å². The molecule has 17 heavy (non-hydrogen) atoms. The molecule has 0 aromatic rings. The minimum absolute atomic E-state index is 0.145. The van der Waals surface area contributed by atoms with Crippen molar-refractivity contribution in [3.63, 3.8) is 0 Å². The number of hydrogen-bond donors (Lipinski definition) is 1. The Morgan fingerprint density at radius 3 is 2.47 bits per heavy atom. The number of hydrogen-bond acceptors (Lipinski definition) is 4. The van der Waals surface area contributed by atoms with Gasteiger partial charge in [-0.05, 0) is 51.4 Å². The molecule has 0 amide bonds. The third-order valence-corrected chi connectivity index (χ3v) is 3.59. The van der Waals surface area contributed by atoms with Gasteiger partial charge in [0.2, 0.25) is 0 Å². The van der Waals surface area contributed by atoms with Gasteiger partial charge >= 0.3 is 5.97 Å². The normalized spacial score (nSPS) is 20.5. The monoisotopic (exact) mass is 242 g/mol. The van der Waals surface area contributed by atoms with Crippen LogP contribution in [-0.4, -0.2) is 50.7 Å². The van der Waals surface area contributed by atoms with Crippen LogP contribution in [0.2, 0.25) is 0 Å². The highest BCUT2D eigenvalue weighted by Gasteiger charge is 2.24. The molecule has 1 saturated heterocycles. The molecule has 0 bridgehead atoms. The van der Waals surface area contributed by atoms with Crippen molar-refractivity contribution in [2.75, 3.05) is 33.8 Å². The Morgan fingerprint density at radius 1 is 1.41 bits per heavy atom. The Hall–Kier alpha value is -0.610. The van der Waals surface area contributed by atoms with E-state index >= 15 is 0 Å². The molecular weight excluding hydrogens is 216 g/mol. The summed E-state index contributed by atoms with van der Waals surface area (Å²) < 4.78 is 4.82. The summed E-state index contributed by atoms with van der Waals surface area (Å²) in [6.45, 7) is 7.34. The van der Waals surface area contributed by atoms with E-state index in [4.69, 9.17) is 4.74 Å². The molecule has 1 rings (SSSR count). The standard InChI is InChI=1S/C13H26N2O2/c1-10(2)12(13(16)17-4)14-9-11-5-7-15(3)8-6-11/h10-12,14H,5-9H2,1-4H3/t12-/m0/s1. The van der Waals surface area contributed by atoms with Crippen LogP contribution in [0.15, 0.2) is 0 Å². The van der Waals surface area contributed by atoms with Crippen molar-refractivity contribution in [3.8, 4) is 0 Å². The van der Waals surface area contributed by atoms with Gasteiger partial charge in [-0.3, -0.25) is 4.79 Å². The number of ether oxygens (including phenoxy) is 1. The molecular formula is C13H26N2O2. The van der Waals surface area contributed by atoms with E-state index < -0.39 is 0 Å². The minimum Gasteiger partial charge on any atom is -0.468 e. The molecule has 0 radical (unpaired) electrons. The first-order valence-corrected chi connectivity index (χ1v) is 6.54. The van der Waals surface area contributed by atoms with E-state index in [-0.39, 0.29) is 17.9 Å². The maximum Gasteiger partial charge on any atom is 0.323 e. The van der Waals surface area contributed by atoms with Gasteiger partial charge in [0, 0.05) is 0 Å². The van der Waals surface area contributed by atoms with Crippen molar-refractivity contribution >= 4 is 5.97 Å². The predicted molar refractivity (Wildman–Crippen MR) is 68.9 cm³/mol. The van der Waals surface area contributed by atoms with E-state index in [0.717, 1.165) is 19.6 Å². The van der Waals surface area contributed by atoms with Gasteiger partial charge in [-0.15, -0.1) is 0 Å². The van der Waals surface area contributed by atoms with Gasteiger partial charge < -0.3 is 15.0 Å². The number of carbonyl (C=O) groups excluding carboxylic acids is 1. The summed E-state index contributed by atoms with van der Waals surface area (Å²) in [5.74, 6) is 0.818. The zero-order valence-electron chi connectivity index (χ0n) is 11.5. The second-order valence-corrected chi connectivity index (χ2v) is 5.40. The fourth-order valence-corrected chi connectivity index (χ4v) is 2.28. The lowest BCUT2D eigenvalue weighted by Gasteiger charge is -2.30. The largest absolute Gasteiger partial charge is 0.468 e. The topological polar surface area (TPSA) is 41.6 Å². The molecule has 1 heterocycles. The Labute approximate surface area is 105 Å². The van der Waals surface area contributed by atoms with Gasteiger partial charge in [0.25, 0.3) is 0 Å².